The number of aliphatic hydroxyl groups is 5. The Hall–Kier alpha value is -6.76. The maximum atomic E-state index is 14.4. The van der Waals surface area contributed by atoms with Crippen LogP contribution in [0.4, 0.5) is 4.79 Å². The number of hydrogen-bond donors (Lipinski definition) is 13. The van der Waals surface area contributed by atoms with E-state index in [4.69, 9.17) is 16.2 Å². The summed E-state index contributed by atoms with van der Waals surface area (Å²) in [5, 5.41) is 82.4. The summed E-state index contributed by atoms with van der Waals surface area (Å²) >= 11 is 0. The van der Waals surface area contributed by atoms with Crippen molar-refractivity contribution >= 4 is 71.2 Å². The zero-order valence-corrected chi connectivity index (χ0v) is 44.4. The number of rotatable bonds is 21. The van der Waals surface area contributed by atoms with Crippen LogP contribution < -0.4 is 32.7 Å². The van der Waals surface area contributed by atoms with Crippen LogP contribution in [-0.2, 0) is 52.7 Å². The number of aliphatic carboxylic acids is 2. The fourth-order valence-electron chi connectivity index (χ4n) is 10.1. The van der Waals surface area contributed by atoms with Gasteiger partial charge in [-0.05, 0) is 57.8 Å². The van der Waals surface area contributed by atoms with E-state index in [-0.39, 0.29) is 75.4 Å². The van der Waals surface area contributed by atoms with E-state index < -0.39 is 165 Å². The summed E-state index contributed by atoms with van der Waals surface area (Å²) < 4.78 is 5.65. The number of unbranched alkanes of at least 4 members (excludes halogenated alkanes) is 9. The van der Waals surface area contributed by atoms with Crippen LogP contribution >= 0.6 is 0 Å². The molecule has 9 amide bonds. The number of carbonyl (C=O) groups is 11. The highest BCUT2D eigenvalue weighted by atomic mass is 16.6. The molecule has 15 N–H and O–H groups in total. The molecule has 11 atom stereocenters. The van der Waals surface area contributed by atoms with Crippen molar-refractivity contribution in [2.24, 2.45) is 16.5 Å². The number of nitrogens with zero attached hydrogens (tertiary/aromatic N) is 5. The van der Waals surface area contributed by atoms with Crippen LogP contribution in [0.15, 0.2) is 4.99 Å². The Labute approximate surface area is 455 Å². The Morgan fingerprint density at radius 2 is 1.16 bits per heavy atom. The Balaban J connectivity index is 1.78. The lowest BCUT2D eigenvalue weighted by molar-refractivity contribution is -0.167. The van der Waals surface area contributed by atoms with Gasteiger partial charge >= 0.3 is 18.0 Å². The molecule has 0 radical (unpaired) electrons. The minimum absolute atomic E-state index is 0.000272. The summed E-state index contributed by atoms with van der Waals surface area (Å²) in [5.74, 6) is -14.2. The highest BCUT2D eigenvalue weighted by Gasteiger charge is 2.50. The first-order chi connectivity index (χ1) is 37.6. The number of carboxylic acid groups (broad SMARTS) is 2. The van der Waals surface area contributed by atoms with Gasteiger partial charge in [0.15, 0.2) is 12.1 Å². The minimum Gasteiger partial charge on any atom is -0.479 e. The summed E-state index contributed by atoms with van der Waals surface area (Å²) in [5.41, 5.74) is 10.9. The standard InChI is InChI=1S/C49H79N11O19/c1-2-3-4-5-6-7-8-9-10-11-15-27-24-34(64)57-21-13-17-31(57)39(67)54-29(25-61)42(70)58-22-14-18-32(58)40(68)53-28(16-12-20-52-48(50)51)38(66)56-35(37(65)46(74)75)41(69)55-30(26-62)43(71)59-23-19-33(63)36(59)44(72)60(49(78)79-27)45(73)47(76)77/h27-33,35-37,45,61-63,65,73H,2-26H2,1H3,(H,53,68)(H,54,67)(H,55,69)(H,56,66)(H,74,75)(H,76,77)(H4,50,51,52). The van der Waals surface area contributed by atoms with Crippen molar-refractivity contribution < 1.29 is 93.2 Å². The minimum atomic E-state index is -3.03. The van der Waals surface area contributed by atoms with E-state index >= 15 is 0 Å². The lowest BCUT2D eigenvalue weighted by Crippen LogP contribution is -2.64. The number of nitrogens with two attached hydrogens (primary N) is 2. The fraction of sp³-hybridized carbons (Fsp3) is 0.755. The molecule has 79 heavy (non-hydrogen) atoms. The second-order valence-electron chi connectivity index (χ2n) is 20.1. The summed E-state index contributed by atoms with van der Waals surface area (Å²) in [6, 6.07) is -12.9. The van der Waals surface area contributed by atoms with Gasteiger partial charge in [0.2, 0.25) is 47.6 Å². The van der Waals surface area contributed by atoms with Gasteiger partial charge < -0.3 is 87.9 Å². The van der Waals surface area contributed by atoms with Gasteiger partial charge in [0.05, 0.1) is 25.7 Å². The summed E-state index contributed by atoms with van der Waals surface area (Å²) in [6.45, 7) is -0.962. The molecule has 4 rings (SSSR count). The normalized spacial score (nSPS) is 27.2. The van der Waals surface area contributed by atoms with Gasteiger partial charge in [-0.2, -0.15) is 0 Å². The molecule has 11 unspecified atom stereocenters. The zero-order chi connectivity index (χ0) is 58.5. The molecule has 4 saturated heterocycles. The maximum Gasteiger partial charge on any atom is 0.419 e. The van der Waals surface area contributed by atoms with E-state index in [1.807, 2.05) is 10.6 Å². The quantitative estimate of drug-likeness (QED) is 0.0294. The summed E-state index contributed by atoms with van der Waals surface area (Å²) in [7, 11) is 0. The van der Waals surface area contributed by atoms with E-state index in [0.29, 0.717) is 17.7 Å². The van der Waals surface area contributed by atoms with Crippen molar-refractivity contribution in [1.29, 1.82) is 0 Å². The van der Waals surface area contributed by atoms with Gasteiger partial charge in [0, 0.05) is 26.2 Å². The smallest absolute Gasteiger partial charge is 0.419 e. The Kier molecular flexibility index (Phi) is 26.0. The molecule has 0 aliphatic carbocycles. The molecule has 4 aliphatic heterocycles. The van der Waals surface area contributed by atoms with E-state index in [1.165, 1.54) is 0 Å². The molecule has 4 fully saturated rings. The van der Waals surface area contributed by atoms with E-state index in [2.05, 4.69) is 22.5 Å². The van der Waals surface area contributed by atoms with Gasteiger partial charge in [0.25, 0.3) is 5.91 Å². The summed E-state index contributed by atoms with van der Waals surface area (Å²) in [4.78, 5) is 158. The van der Waals surface area contributed by atoms with Crippen LogP contribution in [0.1, 0.15) is 129 Å². The Morgan fingerprint density at radius 1 is 0.633 bits per heavy atom. The van der Waals surface area contributed by atoms with Gasteiger partial charge in [-0.15, -0.1) is 0 Å². The van der Waals surface area contributed by atoms with Crippen LogP contribution in [0, 0.1) is 0 Å². The molecular weight excluding hydrogens is 1050 g/mol. The number of carbonyl (C=O) groups excluding carboxylic acids is 9. The van der Waals surface area contributed by atoms with Crippen molar-refractivity contribution in [3.05, 3.63) is 0 Å². The Bertz CT molecular complexity index is 2200. The molecule has 0 bridgehead atoms. The average Bonchev–Trinajstić information content (AvgIpc) is 4.24. The monoisotopic (exact) mass is 1130 g/mol. The number of imide groups is 1. The SMILES string of the molecule is CCCCCCCCCCCCC1CC(=O)N2CCCC2C(=O)NC(CO)C(=O)N2CCCC2C(=O)NC(CCCN=C(N)N)C(=O)NC(C(O)C(=O)O)C(=O)NC(CO)C(=O)N2CCC(O)C2C(=O)N(C(O)C(=O)O)C(=O)O1. The third-order valence-electron chi connectivity index (χ3n) is 14.4. The highest BCUT2D eigenvalue weighted by Crippen LogP contribution is 2.27. The van der Waals surface area contributed by atoms with Gasteiger partial charge in [-0.1, -0.05) is 64.7 Å². The van der Waals surface area contributed by atoms with Crippen molar-refractivity contribution in [2.45, 2.75) is 196 Å². The fourth-order valence-corrected chi connectivity index (χ4v) is 10.1. The topological polar surface area (TPSA) is 464 Å². The van der Waals surface area contributed by atoms with Crippen LogP contribution in [-0.4, -0.2) is 233 Å². The molecule has 0 aromatic heterocycles. The molecule has 0 aromatic rings. The second-order valence-corrected chi connectivity index (χ2v) is 20.1. The number of amides is 9. The summed E-state index contributed by atoms with van der Waals surface area (Å²) in [6.07, 6.45) is -2.95. The van der Waals surface area contributed by atoms with Crippen molar-refractivity contribution in [2.75, 3.05) is 39.4 Å². The first kappa shape index (κ1) is 64.8. The number of carboxylic acids is 2. The molecule has 0 spiro atoms. The molecule has 444 valence electrons. The zero-order valence-electron chi connectivity index (χ0n) is 44.4. The molecule has 0 saturated carbocycles. The number of cyclic esters (lactones) is 1. The van der Waals surface area contributed by atoms with E-state index in [0.717, 1.165) is 61.2 Å². The number of fused-ring (bicyclic) bond motifs is 3. The lowest BCUT2D eigenvalue weighted by Gasteiger charge is -2.34. The molecule has 4 heterocycles. The van der Waals surface area contributed by atoms with Gasteiger partial charge in [-0.3, -0.25) is 43.3 Å². The number of ether oxygens (including phenoxy) is 1. The van der Waals surface area contributed by atoms with Gasteiger partial charge in [-0.25, -0.2) is 19.3 Å². The Morgan fingerprint density at radius 3 is 1.72 bits per heavy atom. The highest BCUT2D eigenvalue weighted by molar-refractivity contribution is 6.02. The molecule has 4 aliphatic rings. The third kappa shape index (κ3) is 18.1. The second kappa shape index (κ2) is 31.7. The van der Waals surface area contributed by atoms with Crippen molar-refractivity contribution in [1.82, 2.24) is 40.9 Å². The van der Waals surface area contributed by atoms with Crippen LogP contribution in [0.25, 0.3) is 0 Å². The maximum absolute atomic E-state index is 14.4. The number of guanidine groups is 1. The van der Waals surface area contributed by atoms with Crippen LogP contribution in [0.2, 0.25) is 0 Å². The number of aliphatic imine (C=N–C) groups is 1. The van der Waals surface area contributed by atoms with Crippen LogP contribution in [0.3, 0.4) is 0 Å². The average molecular weight is 1130 g/mol. The van der Waals surface area contributed by atoms with Gasteiger partial charge in [0.1, 0.15) is 48.4 Å². The van der Waals surface area contributed by atoms with E-state index in [1.54, 1.807) is 0 Å². The van der Waals surface area contributed by atoms with Crippen LogP contribution in [0.5, 0.6) is 0 Å². The molecule has 0 aromatic carbocycles. The largest absolute Gasteiger partial charge is 0.479 e. The van der Waals surface area contributed by atoms with E-state index in [9.17, 15) is 88.5 Å². The number of hydrogen-bond acceptors (Lipinski definition) is 18. The predicted molar refractivity (Wildman–Crippen MR) is 273 cm³/mol. The number of nitrogens with one attached hydrogen (secondary N) is 4. The predicted octanol–water partition coefficient (Wildman–Crippen LogP) is -4.20. The molecule has 30 heteroatoms. The first-order valence-corrected chi connectivity index (χ1v) is 27.0. The lowest BCUT2D eigenvalue weighted by atomic mass is 10.0. The molecular formula is C49H79N11O19. The number of aliphatic hydroxyl groups excluding tert-OH is 5. The third-order valence-corrected chi connectivity index (χ3v) is 14.4. The first-order valence-electron chi connectivity index (χ1n) is 27.0. The van der Waals surface area contributed by atoms with Crippen molar-refractivity contribution in [3.63, 3.8) is 0 Å². The molecule has 30 nitrogen and oxygen atoms in total. The van der Waals surface area contributed by atoms with Crippen molar-refractivity contribution in [3.8, 4) is 0 Å².